The van der Waals surface area contributed by atoms with Gasteiger partial charge < -0.3 is 4.42 Å². The molecule has 0 saturated carbocycles. The molecule has 1 aromatic heterocycles. The van der Waals surface area contributed by atoms with Gasteiger partial charge in [-0.2, -0.15) is 0 Å². The number of rotatable bonds is 1. The molecule has 0 saturated heterocycles. The Morgan fingerprint density at radius 1 is 1.50 bits per heavy atom. The van der Waals surface area contributed by atoms with Gasteiger partial charge in [0.15, 0.2) is 0 Å². The zero-order valence-corrected chi connectivity index (χ0v) is 5.98. The predicted molar refractivity (Wildman–Crippen MR) is 37.8 cm³/mol. The van der Waals surface area contributed by atoms with E-state index in [1.54, 1.807) is 6.26 Å². The quantitative estimate of drug-likeness (QED) is 0.573. The second kappa shape index (κ2) is 2.27. The third kappa shape index (κ3) is 1.07. The summed E-state index contributed by atoms with van der Waals surface area (Å²) in [5, 5.41) is 1.12. The highest BCUT2D eigenvalue weighted by Gasteiger charge is 1.93. The Morgan fingerprint density at radius 2 is 2.25 bits per heavy atom. The van der Waals surface area contributed by atoms with Crippen LogP contribution in [0.15, 0.2) is 27.9 Å². The van der Waals surface area contributed by atoms with Crippen molar-refractivity contribution in [1.29, 1.82) is 0 Å². The van der Waals surface area contributed by atoms with Gasteiger partial charge in [0.1, 0.15) is 5.09 Å². The Hall–Kier alpha value is -0.370. The van der Waals surface area contributed by atoms with Crippen molar-refractivity contribution in [3.63, 3.8) is 0 Å². The maximum Gasteiger partial charge on any atom is 0.139 e. The highest BCUT2D eigenvalue weighted by Crippen LogP contribution is 2.27. The summed E-state index contributed by atoms with van der Waals surface area (Å²) >= 11 is 0. The van der Waals surface area contributed by atoms with Crippen LogP contribution in [0.1, 0.15) is 0 Å². The second-order valence-electron chi connectivity index (χ2n) is 1.85. The van der Waals surface area contributed by atoms with Crippen LogP contribution in [-0.4, -0.2) is 12.5 Å². The standard InChI is InChI=1S/C6H10OS/c1-8(2)6-4-3-5-7-6/h3-5,8H,1-2H3. The van der Waals surface area contributed by atoms with E-state index in [1.807, 2.05) is 12.1 Å². The van der Waals surface area contributed by atoms with Gasteiger partial charge in [-0.1, -0.05) is 0 Å². The van der Waals surface area contributed by atoms with Gasteiger partial charge in [-0.15, -0.1) is 0 Å². The monoisotopic (exact) mass is 130 g/mol. The van der Waals surface area contributed by atoms with Crippen LogP contribution in [0, 0.1) is 0 Å². The fraction of sp³-hybridized carbons (Fsp3) is 0.333. The zero-order valence-electron chi connectivity index (χ0n) is 5.09. The smallest absolute Gasteiger partial charge is 0.139 e. The lowest BCUT2D eigenvalue weighted by molar-refractivity contribution is 0.473. The molecule has 0 fully saturated rings. The minimum Gasteiger partial charge on any atom is -0.460 e. The van der Waals surface area contributed by atoms with E-state index < -0.39 is 0 Å². The normalized spacial score (nSPS) is 11.5. The van der Waals surface area contributed by atoms with E-state index in [9.17, 15) is 0 Å². The lowest BCUT2D eigenvalue weighted by Crippen LogP contribution is -1.68. The molecule has 1 heterocycles. The van der Waals surface area contributed by atoms with Gasteiger partial charge >= 0.3 is 0 Å². The molecule has 0 N–H and O–H groups in total. The van der Waals surface area contributed by atoms with Crippen molar-refractivity contribution in [3.8, 4) is 0 Å². The molecule has 0 unspecified atom stereocenters. The molecule has 0 amide bonds. The first-order valence-corrected chi connectivity index (χ1v) is 4.75. The summed E-state index contributed by atoms with van der Waals surface area (Å²) in [5.41, 5.74) is 0. The van der Waals surface area contributed by atoms with Gasteiger partial charge in [0.2, 0.25) is 0 Å². The molecular weight excluding hydrogens is 120 g/mol. The number of hydrogen-bond acceptors (Lipinski definition) is 1. The number of hydrogen-bond donors (Lipinski definition) is 1. The Bertz CT molecular complexity index is 144. The summed E-state index contributed by atoms with van der Waals surface area (Å²) in [6.45, 7) is 0. The Balaban J connectivity index is 2.77. The molecule has 1 nitrogen and oxygen atoms in total. The molecule has 0 radical (unpaired) electrons. The average molecular weight is 130 g/mol. The van der Waals surface area contributed by atoms with Crippen molar-refractivity contribution in [2.75, 3.05) is 12.5 Å². The molecule has 0 spiro atoms. The molecule has 0 atom stereocenters. The zero-order chi connectivity index (χ0) is 5.98. The van der Waals surface area contributed by atoms with Gasteiger partial charge in [-0.05, 0) is 24.6 Å². The fourth-order valence-corrected chi connectivity index (χ4v) is 1.18. The van der Waals surface area contributed by atoms with Gasteiger partial charge in [0, 0.05) is 0 Å². The highest BCUT2D eigenvalue weighted by atomic mass is 32.2. The van der Waals surface area contributed by atoms with E-state index in [4.69, 9.17) is 4.42 Å². The number of furan rings is 1. The van der Waals surface area contributed by atoms with E-state index in [0.717, 1.165) is 5.09 Å². The Labute approximate surface area is 52.0 Å². The first-order chi connectivity index (χ1) is 3.80. The van der Waals surface area contributed by atoms with E-state index >= 15 is 0 Å². The first kappa shape index (κ1) is 5.76. The lowest BCUT2D eigenvalue weighted by atomic mass is 10.7. The van der Waals surface area contributed by atoms with Crippen molar-refractivity contribution in [3.05, 3.63) is 18.4 Å². The molecule has 0 aliphatic carbocycles. The van der Waals surface area contributed by atoms with Crippen LogP contribution in [-0.2, 0) is 0 Å². The fourth-order valence-electron chi connectivity index (χ4n) is 0.524. The summed E-state index contributed by atoms with van der Waals surface area (Å²) in [5.74, 6) is 0. The van der Waals surface area contributed by atoms with Crippen LogP contribution in [0.25, 0.3) is 0 Å². The summed E-state index contributed by atoms with van der Waals surface area (Å²) in [6, 6.07) is 3.95. The van der Waals surface area contributed by atoms with Crippen LogP contribution in [0.2, 0.25) is 0 Å². The van der Waals surface area contributed by atoms with E-state index in [0.29, 0.717) is 0 Å². The highest BCUT2D eigenvalue weighted by molar-refractivity contribution is 8.15. The third-order valence-electron chi connectivity index (χ3n) is 0.947. The van der Waals surface area contributed by atoms with Gasteiger partial charge in [0.05, 0.1) is 6.26 Å². The first-order valence-electron chi connectivity index (χ1n) is 2.51. The summed E-state index contributed by atoms with van der Waals surface area (Å²) in [7, 11) is -0.0252. The van der Waals surface area contributed by atoms with Crippen molar-refractivity contribution in [1.82, 2.24) is 0 Å². The van der Waals surface area contributed by atoms with Crippen LogP contribution >= 0.6 is 10.9 Å². The predicted octanol–water partition coefficient (Wildman–Crippen LogP) is 1.90. The number of thiol groups is 1. The molecule has 8 heavy (non-hydrogen) atoms. The van der Waals surface area contributed by atoms with Crippen LogP contribution in [0.4, 0.5) is 0 Å². The molecule has 0 aliphatic rings. The van der Waals surface area contributed by atoms with Gasteiger partial charge in [-0.25, -0.2) is 10.9 Å². The Morgan fingerprint density at radius 3 is 2.50 bits per heavy atom. The minimum absolute atomic E-state index is 0.0252. The van der Waals surface area contributed by atoms with Crippen molar-refractivity contribution >= 4 is 10.9 Å². The van der Waals surface area contributed by atoms with Gasteiger partial charge in [-0.3, -0.25) is 0 Å². The lowest BCUT2D eigenvalue weighted by Gasteiger charge is -2.01. The maximum atomic E-state index is 5.12. The third-order valence-corrected chi connectivity index (χ3v) is 2.08. The summed E-state index contributed by atoms with van der Waals surface area (Å²) in [6.07, 6.45) is 6.07. The van der Waals surface area contributed by atoms with E-state index in [-0.39, 0.29) is 10.9 Å². The molecule has 1 aromatic rings. The summed E-state index contributed by atoms with van der Waals surface area (Å²) < 4.78 is 5.12. The Kier molecular flexibility index (Phi) is 1.63. The van der Waals surface area contributed by atoms with Gasteiger partial charge in [0.25, 0.3) is 0 Å². The minimum atomic E-state index is -0.0252. The van der Waals surface area contributed by atoms with Crippen LogP contribution in [0.5, 0.6) is 0 Å². The van der Waals surface area contributed by atoms with Crippen molar-refractivity contribution < 1.29 is 4.42 Å². The topological polar surface area (TPSA) is 13.1 Å². The molecular formula is C6H10OS. The van der Waals surface area contributed by atoms with Crippen molar-refractivity contribution in [2.45, 2.75) is 5.09 Å². The van der Waals surface area contributed by atoms with Crippen LogP contribution < -0.4 is 0 Å². The second-order valence-corrected chi connectivity index (χ2v) is 4.08. The average Bonchev–Trinajstić information content (AvgIpc) is 2.12. The van der Waals surface area contributed by atoms with E-state index in [1.165, 1.54) is 0 Å². The van der Waals surface area contributed by atoms with Crippen molar-refractivity contribution in [2.24, 2.45) is 0 Å². The largest absolute Gasteiger partial charge is 0.460 e. The SMILES string of the molecule is C[SH](C)c1ccco1. The summed E-state index contributed by atoms with van der Waals surface area (Å²) in [4.78, 5) is 0. The molecule has 0 bridgehead atoms. The molecule has 1 rings (SSSR count). The van der Waals surface area contributed by atoms with Crippen LogP contribution in [0.3, 0.4) is 0 Å². The molecule has 46 valence electrons. The molecule has 2 heteroatoms. The van der Waals surface area contributed by atoms with E-state index in [2.05, 4.69) is 12.5 Å². The molecule has 0 aliphatic heterocycles. The molecule has 0 aromatic carbocycles. The maximum absolute atomic E-state index is 5.12.